The van der Waals surface area contributed by atoms with E-state index in [1.165, 1.54) is 0 Å². The Bertz CT molecular complexity index is 628. The second-order valence-corrected chi connectivity index (χ2v) is 6.40. The minimum absolute atomic E-state index is 0.0284. The Morgan fingerprint density at radius 2 is 2.24 bits per heavy atom. The van der Waals surface area contributed by atoms with Crippen LogP contribution in [-0.2, 0) is 14.8 Å². The fraction of sp³-hybridized carbons (Fsp3) is 0.455. The van der Waals surface area contributed by atoms with Gasteiger partial charge in [-0.05, 0) is 18.4 Å². The predicted octanol–water partition coefficient (Wildman–Crippen LogP) is 0.195. The summed E-state index contributed by atoms with van der Waals surface area (Å²) in [5.74, 6) is 5.38. The lowest BCUT2D eigenvalue weighted by Gasteiger charge is -2.13. The van der Waals surface area contributed by atoms with E-state index in [9.17, 15) is 18.5 Å². The van der Waals surface area contributed by atoms with Crippen molar-refractivity contribution >= 4 is 21.4 Å². The summed E-state index contributed by atoms with van der Waals surface area (Å²) in [5.41, 5.74) is 1.90. The van der Waals surface area contributed by atoms with Gasteiger partial charge in [0.2, 0.25) is 10.0 Å². The first-order chi connectivity index (χ1) is 9.94. The molecule has 9 nitrogen and oxygen atoms in total. The normalized spacial score (nSPS) is 18.6. The number of ether oxygens (including phenoxy) is 1. The maximum absolute atomic E-state index is 12.2. The Morgan fingerprint density at radius 3 is 2.81 bits per heavy atom. The molecule has 0 saturated carbocycles. The molecule has 1 aliphatic rings. The summed E-state index contributed by atoms with van der Waals surface area (Å²) < 4.78 is 32.1. The van der Waals surface area contributed by atoms with Crippen LogP contribution in [0.5, 0.6) is 0 Å². The van der Waals surface area contributed by atoms with E-state index in [0.717, 1.165) is 24.6 Å². The maximum atomic E-state index is 12.2. The van der Waals surface area contributed by atoms with Crippen molar-refractivity contribution in [1.29, 1.82) is 0 Å². The third-order valence-electron chi connectivity index (χ3n) is 3.21. The number of nitro benzene ring substituents is 1. The number of hydrogen-bond acceptors (Lipinski definition) is 7. The highest BCUT2D eigenvalue weighted by Gasteiger charge is 2.23. The molecule has 2 rings (SSSR count). The molecule has 21 heavy (non-hydrogen) atoms. The van der Waals surface area contributed by atoms with Gasteiger partial charge in [-0.1, -0.05) is 0 Å². The molecule has 1 aromatic carbocycles. The molecule has 1 aliphatic heterocycles. The highest BCUT2D eigenvalue weighted by atomic mass is 32.2. The first kappa shape index (κ1) is 15.6. The van der Waals surface area contributed by atoms with Crippen LogP contribution in [0.1, 0.15) is 6.42 Å². The van der Waals surface area contributed by atoms with Gasteiger partial charge in [0.15, 0.2) is 0 Å². The smallest absolute Gasteiger partial charge is 0.271 e. The van der Waals surface area contributed by atoms with Gasteiger partial charge in [0.05, 0.1) is 17.2 Å². The number of hydrazine groups is 1. The van der Waals surface area contributed by atoms with Crippen LogP contribution < -0.4 is 16.0 Å². The second-order valence-electron chi connectivity index (χ2n) is 4.66. The molecule has 1 atom stereocenters. The van der Waals surface area contributed by atoms with Crippen molar-refractivity contribution in [2.45, 2.75) is 11.3 Å². The van der Waals surface area contributed by atoms with Gasteiger partial charge in [0.1, 0.15) is 4.90 Å². The number of hydrogen-bond donors (Lipinski definition) is 3. The number of nitrogen functional groups attached to an aromatic ring is 1. The molecule has 116 valence electrons. The monoisotopic (exact) mass is 316 g/mol. The zero-order valence-electron chi connectivity index (χ0n) is 11.1. The molecule has 1 fully saturated rings. The SMILES string of the molecule is NNc1cc([N+](=O)[O-])ccc1S(=O)(=O)NCC1CCOC1. The van der Waals surface area contributed by atoms with E-state index >= 15 is 0 Å². The van der Waals surface area contributed by atoms with Gasteiger partial charge in [-0.15, -0.1) is 0 Å². The molecule has 0 radical (unpaired) electrons. The molecule has 4 N–H and O–H groups in total. The third-order valence-corrected chi connectivity index (χ3v) is 4.69. The lowest BCUT2D eigenvalue weighted by atomic mass is 10.1. The van der Waals surface area contributed by atoms with Gasteiger partial charge in [-0.3, -0.25) is 16.0 Å². The zero-order valence-corrected chi connectivity index (χ0v) is 11.9. The van der Waals surface area contributed by atoms with Crippen LogP contribution in [0.2, 0.25) is 0 Å². The fourth-order valence-corrected chi connectivity index (χ4v) is 3.29. The lowest BCUT2D eigenvalue weighted by Crippen LogP contribution is -2.30. The molecule has 1 saturated heterocycles. The van der Waals surface area contributed by atoms with Crippen molar-refractivity contribution in [3.63, 3.8) is 0 Å². The van der Waals surface area contributed by atoms with E-state index in [0.29, 0.717) is 13.2 Å². The van der Waals surface area contributed by atoms with Gasteiger partial charge in [-0.2, -0.15) is 0 Å². The number of nitrogens with zero attached hydrogens (tertiary/aromatic N) is 1. The first-order valence-corrected chi connectivity index (χ1v) is 7.75. The number of anilines is 1. The molecule has 1 aromatic rings. The van der Waals surface area contributed by atoms with Crippen molar-refractivity contribution < 1.29 is 18.1 Å². The zero-order chi connectivity index (χ0) is 15.5. The van der Waals surface area contributed by atoms with Crippen LogP contribution in [0.15, 0.2) is 23.1 Å². The quantitative estimate of drug-likeness (QED) is 0.387. The van der Waals surface area contributed by atoms with E-state index in [1.807, 2.05) is 0 Å². The number of non-ortho nitro benzene ring substituents is 1. The second kappa shape index (κ2) is 6.35. The molecular formula is C11H16N4O5S. The van der Waals surface area contributed by atoms with Crippen LogP contribution in [0.4, 0.5) is 11.4 Å². The van der Waals surface area contributed by atoms with Crippen LogP contribution in [0.3, 0.4) is 0 Å². The number of rotatable bonds is 6. The van der Waals surface area contributed by atoms with Gasteiger partial charge in [0, 0.05) is 25.3 Å². The van der Waals surface area contributed by atoms with Crippen LogP contribution >= 0.6 is 0 Å². The van der Waals surface area contributed by atoms with E-state index in [2.05, 4.69) is 10.1 Å². The van der Waals surface area contributed by atoms with Crippen molar-refractivity contribution in [3.8, 4) is 0 Å². The topological polar surface area (TPSA) is 137 Å². The Labute approximate surface area is 121 Å². The summed E-state index contributed by atoms with van der Waals surface area (Å²) in [5, 5.41) is 10.7. The van der Waals surface area contributed by atoms with Crippen molar-refractivity contribution in [2.24, 2.45) is 11.8 Å². The summed E-state index contributed by atoms with van der Waals surface area (Å²) in [6.45, 7) is 1.40. The summed E-state index contributed by atoms with van der Waals surface area (Å²) >= 11 is 0. The predicted molar refractivity (Wildman–Crippen MR) is 75.0 cm³/mol. The van der Waals surface area contributed by atoms with Crippen molar-refractivity contribution in [3.05, 3.63) is 28.3 Å². The highest BCUT2D eigenvalue weighted by Crippen LogP contribution is 2.25. The minimum Gasteiger partial charge on any atom is -0.381 e. The number of benzene rings is 1. The molecule has 1 heterocycles. The third kappa shape index (κ3) is 3.67. The summed E-state index contributed by atoms with van der Waals surface area (Å²) in [6, 6.07) is 3.35. The van der Waals surface area contributed by atoms with E-state index < -0.39 is 14.9 Å². The molecule has 0 bridgehead atoms. The van der Waals surface area contributed by atoms with Gasteiger partial charge in [0.25, 0.3) is 5.69 Å². The average molecular weight is 316 g/mol. The Hall–Kier alpha value is -1.75. The van der Waals surface area contributed by atoms with Crippen molar-refractivity contribution in [2.75, 3.05) is 25.2 Å². The molecule has 0 amide bonds. The standard InChI is InChI=1S/C11H16N4O5S/c12-14-10-5-9(15(16)17)1-2-11(10)21(18,19)13-6-8-3-4-20-7-8/h1-2,5,8,13-14H,3-4,6-7,12H2. The Kier molecular flexibility index (Phi) is 4.73. The average Bonchev–Trinajstić information content (AvgIpc) is 2.97. The summed E-state index contributed by atoms with van der Waals surface area (Å²) in [7, 11) is -3.80. The maximum Gasteiger partial charge on any atom is 0.271 e. The largest absolute Gasteiger partial charge is 0.381 e. The van der Waals surface area contributed by atoms with E-state index in [-0.39, 0.29) is 28.7 Å². The van der Waals surface area contributed by atoms with Gasteiger partial charge in [-0.25, -0.2) is 13.1 Å². The molecule has 0 aliphatic carbocycles. The Morgan fingerprint density at radius 1 is 1.48 bits per heavy atom. The lowest BCUT2D eigenvalue weighted by molar-refractivity contribution is -0.384. The number of sulfonamides is 1. The summed E-state index contributed by atoms with van der Waals surface area (Å²) in [6.07, 6.45) is 0.796. The number of nitro groups is 1. The number of nitrogens with two attached hydrogens (primary N) is 1. The van der Waals surface area contributed by atoms with Crippen LogP contribution in [-0.4, -0.2) is 33.1 Å². The number of nitrogens with one attached hydrogen (secondary N) is 2. The van der Waals surface area contributed by atoms with Gasteiger partial charge < -0.3 is 10.2 Å². The first-order valence-electron chi connectivity index (χ1n) is 6.26. The van der Waals surface area contributed by atoms with Crippen LogP contribution in [0, 0.1) is 16.0 Å². The fourth-order valence-electron chi connectivity index (χ4n) is 2.03. The van der Waals surface area contributed by atoms with E-state index in [1.54, 1.807) is 0 Å². The van der Waals surface area contributed by atoms with Crippen LogP contribution in [0.25, 0.3) is 0 Å². The minimum atomic E-state index is -3.80. The van der Waals surface area contributed by atoms with Gasteiger partial charge >= 0.3 is 0 Å². The molecule has 0 spiro atoms. The molecular weight excluding hydrogens is 300 g/mol. The molecule has 0 aromatic heterocycles. The molecule has 10 heteroatoms. The Balaban J connectivity index is 2.20. The van der Waals surface area contributed by atoms with E-state index in [4.69, 9.17) is 10.6 Å². The highest BCUT2D eigenvalue weighted by molar-refractivity contribution is 7.89. The molecule has 1 unspecified atom stereocenters. The van der Waals surface area contributed by atoms with Crippen molar-refractivity contribution in [1.82, 2.24) is 4.72 Å². The summed E-state index contributed by atoms with van der Waals surface area (Å²) in [4.78, 5) is 9.93.